The fraction of sp³-hybridized carbons (Fsp3) is 0. The summed E-state index contributed by atoms with van der Waals surface area (Å²) in [5.41, 5.74) is 0.207. The normalized spacial score (nSPS) is 10.2. The van der Waals surface area contributed by atoms with E-state index in [-0.39, 0.29) is 17.2 Å². The summed E-state index contributed by atoms with van der Waals surface area (Å²) in [6.07, 6.45) is 1.27. The van der Waals surface area contributed by atoms with Gasteiger partial charge in [0.1, 0.15) is 5.56 Å². The predicted octanol–water partition coefficient (Wildman–Crippen LogP) is -0.502. The summed E-state index contributed by atoms with van der Waals surface area (Å²) in [5, 5.41) is 28.8. The fourth-order valence-corrected chi connectivity index (χ4v) is 0.858. The van der Waals surface area contributed by atoms with Crippen LogP contribution < -0.4 is 0 Å². The van der Waals surface area contributed by atoms with Gasteiger partial charge in [-0.25, -0.2) is 0 Å². The molecule has 0 aliphatic heterocycles. The minimum Gasteiger partial charge on any atom is -0.358 e. The first-order valence-corrected chi connectivity index (χ1v) is 3.20. The number of aromatic amines is 2. The van der Waals surface area contributed by atoms with Gasteiger partial charge in [-0.15, -0.1) is 15.3 Å². The van der Waals surface area contributed by atoms with Crippen molar-refractivity contribution in [3.63, 3.8) is 0 Å². The maximum absolute atomic E-state index is 10.4. The molecule has 0 spiro atoms. The topological polar surface area (TPSA) is 126 Å². The van der Waals surface area contributed by atoms with Crippen LogP contribution in [0.4, 0.5) is 5.82 Å². The standard InChI is InChI=1S/C4H3N7O2/c12-11(13)4-2(1-5-8-4)3-6-9-10-7-3/h1H,(H,5,8)(H,6,7,9,10). The van der Waals surface area contributed by atoms with Gasteiger partial charge in [0.05, 0.1) is 6.20 Å². The Morgan fingerprint density at radius 2 is 2.38 bits per heavy atom. The van der Waals surface area contributed by atoms with Crippen LogP contribution in [0, 0.1) is 10.1 Å². The summed E-state index contributed by atoms with van der Waals surface area (Å²) in [7, 11) is 0. The molecule has 9 nitrogen and oxygen atoms in total. The first kappa shape index (κ1) is 7.34. The number of nitro groups is 1. The van der Waals surface area contributed by atoms with E-state index in [1.807, 2.05) is 0 Å². The van der Waals surface area contributed by atoms with E-state index in [4.69, 9.17) is 0 Å². The maximum atomic E-state index is 10.4. The number of nitrogens with one attached hydrogen (secondary N) is 2. The van der Waals surface area contributed by atoms with Gasteiger partial charge in [0.15, 0.2) is 0 Å². The summed E-state index contributed by atoms with van der Waals surface area (Å²) in [5.74, 6) is -0.109. The van der Waals surface area contributed by atoms with Crippen molar-refractivity contribution in [2.45, 2.75) is 0 Å². The molecule has 0 radical (unpaired) electrons. The quantitative estimate of drug-likeness (QED) is 0.474. The monoisotopic (exact) mass is 181 g/mol. The maximum Gasteiger partial charge on any atom is 0.353 e. The van der Waals surface area contributed by atoms with E-state index in [9.17, 15) is 10.1 Å². The van der Waals surface area contributed by atoms with E-state index >= 15 is 0 Å². The number of hydrogen-bond donors (Lipinski definition) is 2. The van der Waals surface area contributed by atoms with Crippen molar-refractivity contribution in [2.75, 3.05) is 0 Å². The van der Waals surface area contributed by atoms with Crippen molar-refractivity contribution in [3.8, 4) is 11.4 Å². The van der Waals surface area contributed by atoms with Crippen LogP contribution in [0.2, 0.25) is 0 Å². The van der Waals surface area contributed by atoms with Crippen LogP contribution in [0.15, 0.2) is 6.20 Å². The average Bonchev–Trinajstić information content (AvgIpc) is 2.74. The van der Waals surface area contributed by atoms with Crippen LogP contribution in [0.25, 0.3) is 11.4 Å². The molecule has 2 heterocycles. The van der Waals surface area contributed by atoms with Crippen LogP contribution >= 0.6 is 0 Å². The molecular formula is C4H3N7O2. The Balaban J connectivity index is 2.52. The van der Waals surface area contributed by atoms with Gasteiger partial charge in [0, 0.05) is 0 Å². The molecule has 0 aromatic carbocycles. The first-order valence-electron chi connectivity index (χ1n) is 3.20. The van der Waals surface area contributed by atoms with E-state index in [0.29, 0.717) is 0 Å². The summed E-state index contributed by atoms with van der Waals surface area (Å²) in [4.78, 5) is 9.83. The van der Waals surface area contributed by atoms with Crippen LogP contribution in [0.3, 0.4) is 0 Å². The second-order valence-electron chi connectivity index (χ2n) is 2.12. The van der Waals surface area contributed by atoms with Gasteiger partial charge in [-0.05, 0) is 10.1 Å². The lowest BCUT2D eigenvalue weighted by molar-refractivity contribution is -0.388. The molecule has 0 atom stereocenters. The number of aromatic nitrogens is 6. The van der Waals surface area contributed by atoms with E-state index in [0.717, 1.165) is 0 Å². The number of rotatable bonds is 2. The molecular weight excluding hydrogens is 178 g/mol. The molecule has 0 fully saturated rings. The van der Waals surface area contributed by atoms with Crippen LogP contribution in [-0.4, -0.2) is 35.7 Å². The molecule has 0 saturated heterocycles. The molecule has 0 aliphatic carbocycles. The largest absolute Gasteiger partial charge is 0.358 e. The van der Waals surface area contributed by atoms with E-state index in [1.54, 1.807) is 0 Å². The Bertz CT molecular complexity index is 417. The third-order valence-electron chi connectivity index (χ3n) is 1.39. The second-order valence-corrected chi connectivity index (χ2v) is 2.12. The number of hydrogen-bond acceptors (Lipinski definition) is 6. The zero-order valence-electron chi connectivity index (χ0n) is 6.13. The molecule has 9 heteroatoms. The van der Waals surface area contributed by atoms with Gasteiger partial charge >= 0.3 is 5.82 Å². The molecule has 0 saturated carbocycles. The molecule has 2 aromatic heterocycles. The minimum atomic E-state index is -0.599. The zero-order valence-corrected chi connectivity index (χ0v) is 6.13. The zero-order chi connectivity index (χ0) is 9.26. The number of nitrogens with zero attached hydrogens (tertiary/aromatic N) is 5. The Kier molecular flexibility index (Phi) is 1.48. The molecule has 0 amide bonds. The summed E-state index contributed by atoms with van der Waals surface area (Å²) < 4.78 is 0. The predicted molar refractivity (Wildman–Crippen MR) is 38.4 cm³/mol. The summed E-state index contributed by atoms with van der Waals surface area (Å²) in [6.45, 7) is 0. The van der Waals surface area contributed by atoms with Gasteiger partial charge < -0.3 is 10.1 Å². The van der Waals surface area contributed by atoms with Gasteiger partial charge in [0.25, 0.3) is 0 Å². The highest BCUT2D eigenvalue weighted by Gasteiger charge is 2.19. The Hall–Kier alpha value is -2.32. The molecule has 66 valence electrons. The second kappa shape index (κ2) is 2.62. The average molecular weight is 181 g/mol. The Morgan fingerprint density at radius 1 is 1.54 bits per heavy atom. The number of H-pyrrole nitrogens is 2. The summed E-state index contributed by atoms with van der Waals surface area (Å²) >= 11 is 0. The van der Waals surface area contributed by atoms with Crippen molar-refractivity contribution in [3.05, 3.63) is 16.3 Å². The first-order chi connectivity index (χ1) is 6.29. The Labute approximate surface area is 70.3 Å². The van der Waals surface area contributed by atoms with Crippen molar-refractivity contribution in [1.29, 1.82) is 0 Å². The van der Waals surface area contributed by atoms with Gasteiger partial charge in [0.2, 0.25) is 5.82 Å². The molecule has 2 N–H and O–H groups in total. The van der Waals surface area contributed by atoms with Gasteiger partial charge in [-0.1, -0.05) is 5.10 Å². The molecule has 2 rings (SSSR count). The lowest BCUT2D eigenvalue weighted by Crippen LogP contribution is -1.91. The molecule has 2 aromatic rings. The molecule has 0 aliphatic rings. The minimum absolute atomic E-state index is 0.139. The smallest absolute Gasteiger partial charge is 0.353 e. The third-order valence-corrected chi connectivity index (χ3v) is 1.39. The highest BCUT2D eigenvalue weighted by atomic mass is 16.6. The highest BCUT2D eigenvalue weighted by molar-refractivity contribution is 5.62. The van der Waals surface area contributed by atoms with E-state index in [1.165, 1.54) is 6.20 Å². The van der Waals surface area contributed by atoms with Crippen molar-refractivity contribution in [1.82, 2.24) is 30.8 Å². The van der Waals surface area contributed by atoms with Crippen LogP contribution in [-0.2, 0) is 0 Å². The lowest BCUT2D eigenvalue weighted by atomic mass is 10.3. The molecule has 0 unspecified atom stereocenters. The van der Waals surface area contributed by atoms with Gasteiger partial charge in [-0.3, -0.25) is 0 Å². The van der Waals surface area contributed by atoms with Crippen LogP contribution in [0.1, 0.15) is 0 Å². The van der Waals surface area contributed by atoms with E-state index in [2.05, 4.69) is 30.8 Å². The SMILES string of the molecule is O=[N+]([O-])c1[nH]ncc1-c1nn[nH]n1. The van der Waals surface area contributed by atoms with Crippen molar-refractivity contribution in [2.24, 2.45) is 0 Å². The van der Waals surface area contributed by atoms with Gasteiger partial charge in [-0.2, -0.15) is 5.21 Å². The third kappa shape index (κ3) is 1.11. The lowest BCUT2D eigenvalue weighted by Gasteiger charge is -1.90. The van der Waals surface area contributed by atoms with Crippen molar-refractivity contribution >= 4 is 5.82 Å². The Morgan fingerprint density at radius 3 is 3.00 bits per heavy atom. The molecule has 0 bridgehead atoms. The number of tetrazole rings is 1. The fourth-order valence-electron chi connectivity index (χ4n) is 0.858. The van der Waals surface area contributed by atoms with Crippen molar-refractivity contribution < 1.29 is 4.92 Å². The highest BCUT2D eigenvalue weighted by Crippen LogP contribution is 2.22. The summed E-state index contributed by atoms with van der Waals surface area (Å²) in [6, 6.07) is 0. The van der Waals surface area contributed by atoms with E-state index < -0.39 is 4.92 Å². The molecule has 13 heavy (non-hydrogen) atoms. The van der Waals surface area contributed by atoms with Crippen LogP contribution in [0.5, 0.6) is 0 Å².